The van der Waals surface area contributed by atoms with Crippen LogP contribution in [0.5, 0.6) is 0 Å². The normalized spacial score (nSPS) is 11.8. The largest absolute Gasteiger partial charge is 0.296 e. The molecule has 1 aromatic carbocycles. The topological polar surface area (TPSA) is 59.8 Å². The quantitative estimate of drug-likeness (QED) is 0.635. The van der Waals surface area contributed by atoms with Gasteiger partial charge in [0.1, 0.15) is 10.7 Å². The summed E-state index contributed by atoms with van der Waals surface area (Å²) in [6, 6.07) is 5.13. The number of imidazole rings is 1. The molecular formula is C19H19ClF2N4O. The first kappa shape index (κ1) is 19.2. The van der Waals surface area contributed by atoms with Gasteiger partial charge in [-0.25, -0.2) is 18.7 Å². The highest BCUT2D eigenvalue weighted by Crippen LogP contribution is 2.28. The van der Waals surface area contributed by atoms with E-state index in [-0.39, 0.29) is 34.5 Å². The van der Waals surface area contributed by atoms with Crippen LogP contribution in [0.1, 0.15) is 32.8 Å². The lowest BCUT2D eigenvalue weighted by Crippen LogP contribution is -2.21. The van der Waals surface area contributed by atoms with E-state index in [2.05, 4.69) is 15.3 Å². The van der Waals surface area contributed by atoms with Gasteiger partial charge in [0.25, 0.3) is 0 Å². The maximum Gasteiger partial charge on any atom is 0.227 e. The van der Waals surface area contributed by atoms with E-state index >= 15 is 0 Å². The van der Waals surface area contributed by atoms with E-state index in [9.17, 15) is 13.6 Å². The van der Waals surface area contributed by atoms with Crippen LogP contribution in [0.4, 0.5) is 14.7 Å². The lowest BCUT2D eigenvalue weighted by Gasteiger charge is -2.17. The fourth-order valence-corrected chi connectivity index (χ4v) is 2.82. The minimum absolute atomic E-state index is 0.166. The Balaban J connectivity index is 2.17. The molecule has 3 aromatic rings. The monoisotopic (exact) mass is 392 g/mol. The van der Waals surface area contributed by atoms with Crippen molar-refractivity contribution in [2.45, 2.75) is 34.1 Å². The van der Waals surface area contributed by atoms with E-state index < -0.39 is 11.6 Å². The summed E-state index contributed by atoms with van der Waals surface area (Å²) in [7, 11) is 0. The van der Waals surface area contributed by atoms with Gasteiger partial charge in [-0.3, -0.25) is 14.7 Å². The predicted molar refractivity (Wildman–Crippen MR) is 101 cm³/mol. The van der Waals surface area contributed by atoms with Crippen LogP contribution in [0, 0.1) is 24.0 Å². The van der Waals surface area contributed by atoms with Gasteiger partial charge in [0, 0.05) is 12.5 Å². The summed E-state index contributed by atoms with van der Waals surface area (Å²) in [6.45, 7) is 7.60. The molecule has 0 atom stereocenters. The van der Waals surface area contributed by atoms with Crippen LogP contribution in [0.3, 0.4) is 0 Å². The third-order valence-corrected chi connectivity index (χ3v) is 4.25. The van der Waals surface area contributed by atoms with Crippen molar-refractivity contribution in [3.05, 3.63) is 46.6 Å². The van der Waals surface area contributed by atoms with Crippen molar-refractivity contribution < 1.29 is 13.6 Å². The molecule has 0 radical (unpaired) electrons. The molecule has 0 fully saturated rings. The van der Waals surface area contributed by atoms with Crippen LogP contribution >= 0.6 is 11.6 Å². The van der Waals surface area contributed by atoms with E-state index in [0.29, 0.717) is 16.7 Å². The van der Waals surface area contributed by atoms with Crippen molar-refractivity contribution in [2.75, 3.05) is 5.32 Å². The number of anilines is 1. The molecule has 5 nitrogen and oxygen atoms in total. The average Bonchev–Trinajstić information content (AvgIpc) is 2.85. The molecule has 0 spiro atoms. The number of fused-ring (bicyclic) bond motifs is 1. The van der Waals surface area contributed by atoms with E-state index in [1.54, 1.807) is 13.0 Å². The lowest BCUT2D eigenvalue weighted by molar-refractivity contribution is -0.117. The van der Waals surface area contributed by atoms with Gasteiger partial charge in [-0.1, -0.05) is 32.4 Å². The molecule has 2 heterocycles. The van der Waals surface area contributed by atoms with E-state index in [0.717, 1.165) is 12.1 Å². The lowest BCUT2D eigenvalue weighted by atomic mass is 9.92. The summed E-state index contributed by atoms with van der Waals surface area (Å²) in [5.74, 6) is -2.06. The highest BCUT2D eigenvalue weighted by Gasteiger charge is 2.21. The molecule has 1 amide bonds. The number of hydrogen-bond acceptors (Lipinski definition) is 3. The van der Waals surface area contributed by atoms with Crippen molar-refractivity contribution in [1.82, 2.24) is 14.5 Å². The molecule has 27 heavy (non-hydrogen) atoms. The average molecular weight is 393 g/mol. The second-order valence-corrected chi connectivity index (χ2v) is 7.95. The highest BCUT2D eigenvalue weighted by molar-refractivity contribution is 6.30. The number of nitrogens with one attached hydrogen (secondary N) is 1. The molecule has 0 aliphatic carbocycles. The number of rotatable bonds is 3. The molecule has 0 saturated carbocycles. The molecule has 0 aliphatic heterocycles. The Kier molecular flexibility index (Phi) is 4.90. The van der Waals surface area contributed by atoms with Gasteiger partial charge in [0.2, 0.25) is 11.9 Å². The minimum Gasteiger partial charge on any atom is -0.296 e. The van der Waals surface area contributed by atoms with Crippen molar-refractivity contribution in [3.63, 3.8) is 0 Å². The minimum atomic E-state index is -1.01. The number of carbonyl (C=O) groups excluding carboxylic acids is 1. The standard InChI is InChI=1S/C19H19ClF2N4O/c1-10-7-14-17(25-16(10)20)26(11-5-6-12(21)13(22)8-11)18(23-14)24-15(27)9-19(2,3)4/h5-8H,9H2,1-4H3,(H,23,24,27). The summed E-state index contributed by atoms with van der Waals surface area (Å²) in [5, 5.41) is 3.00. The first-order valence-corrected chi connectivity index (χ1v) is 8.74. The first-order chi connectivity index (χ1) is 12.5. The number of aryl methyl sites for hydroxylation is 1. The van der Waals surface area contributed by atoms with Crippen molar-refractivity contribution in [2.24, 2.45) is 5.41 Å². The maximum atomic E-state index is 13.8. The number of hydrogen-bond donors (Lipinski definition) is 1. The van der Waals surface area contributed by atoms with Gasteiger partial charge in [0.05, 0.1) is 5.69 Å². The van der Waals surface area contributed by atoms with Crippen LogP contribution in [-0.2, 0) is 4.79 Å². The fourth-order valence-electron chi connectivity index (χ4n) is 2.68. The van der Waals surface area contributed by atoms with Crippen LogP contribution < -0.4 is 5.32 Å². The molecule has 142 valence electrons. The molecule has 3 rings (SSSR count). The summed E-state index contributed by atoms with van der Waals surface area (Å²) in [5.41, 5.74) is 1.58. The summed E-state index contributed by atoms with van der Waals surface area (Å²) in [4.78, 5) is 21.1. The fraction of sp³-hybridized carbons (Fsp3) is 0.316. The maximum absolute atomic E-state index is 13.8. The zero-order valence-electron chi connectivity index (χ0n) is 15.4. The van der Waals surface area contributed by atoms with Gasteiger partial charge in [0.15, 0.2) is 17.3 Å². The summed E-state index contributed by atoms with van der Waals surface area (Å²) in [6.07, 6.45) is 0.265. The molecule has 2 aromatic heterocycles. The van der Waals surface area contributed by atoms with E-state index in [1.165, 1.54) is 10.6 Å². The van der Waals surface area contributed by atoms with Gasteiger partial charge in [-0.15, -0.1) is 0 Å². The summed E-state index contributed by atoms with van der Waals surface area (Å²) >= 11 is 6.13. The summed E-state index contributed by atoms with van der Waals surface area (Å²) < 4.78 is 28.6. The van der Waals surface area contributed by atoms with Gasteiger partial charge in [-0.2, -0.15) is 0 Å². The second-order valence-electron chi connectivity index (χ2n) is 7.59. The zero-order valence-corrected chi connectivity index (χ0v) is 16.2. The molecule has 8 heteroatoms. The van der Waals surface area contributed by atoms with Gasteiger partial charge >= 0.3 is 0 Å². The third kappa shape index (κ3) is 4.08. The van der Waals surface area contributed by atoms with Crippen molar-refractivity contribution >= 4 is 34.6 Å². The number of nitrogens with zero attached hydrogens (tertiary/aromatic N) is 3. The van der Waals surface area contributed by atoms with E-state index in [1.807, 2.05) is 20.8 Å². The van der Waals surface area contributed by atoms with Gasteiger partial charge in [-0.05, 0) is 36.1 Å². The third-order valence-electron chi connectivity index (χ3n) is 3.87. The number of benzene rings is 1. The van der Waals surface area contributed by atoms with Crippen LogP contribution in [0.25, 0.3) is 16.9 Å². The number of pyridine rings is 1. The molecule has 0 saturated heterocycles. The molecule has 0 aliphatic rings. The van der Waals surface area contributed by atoms with Crippen LogP contribution in [0.15, 0.2) is 24.3 Å². The Labute approximate surface area is 160 Å². The smallest absolute Gasteiger partial charge is 0.227 e. The predicted octanol–water partition coefficient (Wildman–Crippen LogP) is 5.04. The van der Waals surface area contributed by atoms with Crippen LogP contribution in [-0.4, -0.2) is 20.4 Å². The zero-order chi connectivity index (χ0) is 19.9. The van der Waals surface area contributed by atoms with Crippen molar-refractivity contribution in [3.8, 4) is 5.69 Å². The Morgan fingerprint density at radius 3 is 2.52 bits per heavy atom. The van der Waals surface area contributed by atoms with Crippen molar-refractivity contribution in [1.29, 1.82) is 0 Å². The van der Waals surface area contributed by atoms with Gasteiger partial charge < -0.3 is 0 Å². The second kappa shape index (κ2) is 6.88. The molecular weight excluding hydrogens is 374 g/mol. The van der Waals surface area contributed by atoms with E-state index in [4.69, 9.17) is 11.6 Å². The SMILES string of the molecule is Cc1cc2nc(NC(=O)CC(C)(C)C)n(-c3ccc(F)c(F)c3)c2nc1Cl. The van der Waals surface area contributed by atoms with Crippen LogP contribution in [0.2, 0.25) is 5.15 Å². The number of amides is 1. The number of aromatic nitrogens is 3. The number of halogens is 3. The Morgan fingerprint density at radius 1 is 1.19 bits per heavy atom. The highest BCUT2D eigenvalue weighted by atomic mass is 35.5. The Bertz CT molecular complexity index is 1040. The molecule has 0 unspecified atom stereocenters. The first-order valence-electron chi connectivity index (χ1n) is 8.36. The number of carbonyl (C=O) groups is 1. The Hall–Kier alpha value is -2.54. The molecule has 0 bridgehead atoms. The Morgan fingerprint density at radius 2 is 1.89 bits per heavy atom. The molecule has 1 N–H and O–H groups in total.